The molecular formula is C17H26N6OS. The minimum absolute atomic E-state index is 0.0407. The molecule has 3 rings (SSSR count). The molecule has 0 unspecified atom stereocenters. The van der Waals surface area contributed by atoms with Gasteiger partial charge in [0.15, 0.2) is 5.16 Å². The molecule has 0 aromatic carbocycles. The predicted octanol–water partition coefficient (Wildman–Crippen LogP) is 3.29. The molecule has 136 valence electrons. The van der Waals surface area contributed by atoms with E-state index in [0.29, 0.717) is 0 Å². The van der Waals surface area contributed by atoms with E-state index in [2.05, 4.69) is 39.0 Å². The van der Waals surface area contributed by atoms with E-state index < -0.39 is 0 Å². The zero-order chi connectivity index (χ0) is 17.8. The summed E-state index contributed by atoms with van der Waals surface area (Å²) in [6.07, 6.45) is 7.19. The average molecular weight is 363 g/mol. The van der Waals surface area contributed by atoms with Crippen molar-refractivity contribution < 1.29 is 4.79 Å². The second kappa shape index (κ2) is 8.03. The Morgan fingerprint density at radius 1 is 1.32 bits per heavy atom. The fourth-order valence-corrected chi connectivity index (χ4v) is 3.82. The van der Waals surface area contributed by atoms with Gasteiger partial charge in [-0.2, -0.15) is 5.10 Å². The quantitative estimate of drug-likeness (QED) is 0.798. The Labute approximate surface area is 152 Å². The Morgan fingerprint density at radius 3 is 2.96 bits per heavy atom. The van der Waals surface area contributed by atoms with Crippen molar-refractivity contribution in [2.24, 2.45) is 0 Å². The van der Waals surface area contributed by atoms with E-state index in [1.807, 2.05) is 17.7 Å². The van der Waals surface area contributed by atoms with E-state index in [0.717, 1.165) is 42.6 Å². The Morgan fingerprint density at radius 2 is 2.16 bits per heavy atom. The number of anilines is 1. The van der Waals surface area contributed by atoms with Gasteiger partial charge in [0.1, 0.15) is 11.6 Å². The summed E-state index contributed by atoms with van der Waals surface area (Å²) in [6, 6.07) is 2.09. The summed E-state index contributed by atoms with van der Waals surface area (Å²) >= 11 is 1.47. The molecule has 1 N–H and O–H groups in total. The zero-order valence-electron chi connectivity index (χ0n) is 15.1. The van der Waals surface area contributed by atoms with E-state index in [-0.39, 0.29) is 17.2 Å². The molecule has 7 nitrogen and oxygen atoms in total. The molecule has 8 heteroatoms. The van der Waals surface area contributed by atoms with E-state index >= 15 is 0 Å². The molecule has 1 amide bonds. The number of hydrogen-bond donors (Lipinski definition) is 1. The lowest BCUT2D eigenvalue weighted by Gasteiger charge is -2.16. The Kier molecular flexibility index (Phi) is 5.78. The van der Waals surface area contributed by atoms with Crippen LogP contribution in [0.1, 0.15) is 58.3 Å². The fourth-order valence-electron chi connectivity index (χ4n) is 2.92. The first-order valence-electron chi connectivity index (χ1n) is 9.03. The van der Waals surface area contributed by atoms with Crippen molar-refractivity contribution in [3.63, 3.8) is 0 Å². The number of nitrogens with one attached hydrogen (secondary N) is 1. The van der Waals surface area contributed by atoms with Crippen LogP contribution in [0.3, 0.4) is 0 Å². The second-order valence-electron chi connectivity index (χ2n) is 6.53. The van der Waals surface area contributed by atoms with Crippen LogP contribution in [0.5, 0.6) is 0 Å². The predicted molar refractivity (Wildman–Crippen MR) is 98.8 cm³/mol. The van der Waals surface area contributed by atoms with Crippen molar-refractivity contribution in [3.05, 3.63) is 18.1 Å². The number of amides is 1. The monoisotopic (exact) mass is 362 g/mol. The molecule has 0 spiro atoms. The maximum Gasteiger partial charge on any atom is 0.238 e. The van der Waals surface area contributed by atoms with Crippen molar-refractivity contribution in [1.82, 2.24) is 24.5 Å². The van der Waals surface area contributed by atoms with Crippen LogP contribution in [0.2, 0.25) is 0 Å². The summed E-state index contributed by atoms with van der Waals surface area (Å²) in [6.45, 7) is 7.04. The molecular weight excluding hydrogens is 336 g/mol. The maximum absolute atomic E-state index is 12.6. The topological polar surface area (TPSA) is 77.6 Å². The van der Waals surface area contributed by atoms with Crippen molar-refractivity contribution in [2.75, 3.05) is 5.32 Å². The van der Waals surface area contributed by atoms with Crippen molar-refractivity contribution >= 4 is 23.5 Å². The summed E-state index contributed by atoms with van der Waals surface area (Å²) in [5.74, 6) is 1.75. The van der Waals surface area contributed by atoms with E-state index in [4.69, 9.17) is 0 Å². The zero-order valence-corrected chi connectivity index (χ0v) is 15.9. The highest BCUT2D eigenvalue weighted by Crippen LogP contribution is 2.26. The fraction of sp³-hybridized carbons (Fsp3) is 0.647. The molecule has 1 aliphatic rings. The molecule has 0 radical (unpaired) electrons. The lowest BCUT2D eigenvalue weighted by atomic mass is 10.2. The summed E-state index contributed by atoms with van der Waals surface area (Å²) in [7, 11) is 0. The van der Waals surface area contributed by atoms with Crippen LogP contribution in [0, 0.1) is 0 Å². The van der Waals surface area contributed by atoms with Gasteiger partial charge in [0.05, 0.1) is 17.5 Å². The molecule has 0 bridgehead atoms. The standard InChI is InChI=1S/C17H26N6OS/c1-4-12(2)23-14(9-10-18-23)19-16(24)13(3)25-17-21-20-15-8-6-5-7-11-22(15)17/h9-10,12-13H,4-8,11H2,1-3H3,(H,19,24)/t12-,13-/m1/s1. The lowest BCUT2D eigenvalue weighted by Crippen LogP contribution is -2.25. The number of fused-ring (bicyclic) bond motifs is 1. The van der Waals surface area contributed by atoms with Crippen LogP contribution in [-0.4, -0.2) is 35.7 Å². The van der Waals surface area contributed by atoms with Crippen LogP contribution >= 0.6 is 11.8 Å². The summed E-state index contributed by atoms with van der Waals surface area (Å²) in [4.78, 5) is 12.6. The van der Waals surface area contributed by atoms with Crippen LogP contribution < -0.4 is 5.32 Å². The van der Waals surface area contributed by atoms with E-state index in [1.54, 1.807) is 6.20 Å². The SMILES string of the molecule is CC[C@@H](C)n1nccc1NC(=O)[C@@H](C)Sc1nnc2n1CCCCC2. The molecule has 0 saturated carbocycles. The molecule has 0 aliphatic carbocycles. The number of aryl methyl sites for hydroxylation is 1. The Hall–Kier alpha value is -1.83. The third-order valence-electron chi connectivity index (χ3n) is 4.66. The first-order chi connectivity index (χ1) is 12.1. The number of carbonyl (C=O) groups is 1. The molecule has 0 saturated heterocycles. The Bertz CT molecular complexity index is 725. The highest BCUT2D eigenvalue weighted by atomic mass is 32.2. The average Bonchev–Trinajstić information content (AvgIpc) is 3.14. The van der Waals surface area contributed by atoms with Crippen LogP contribution in [-0.2, 0) is 17.8 Å². The molecule has 3 heterocycles. The van der Waals surface area contributed by atoms with Crippen molar-refractivity contribution in [2.45, 2.75) is 75.9 Å². The highest BCUT2D eigenvalue weighted by molar-refractivity contribution is 8.00. The van der Waals surface area contributed by atoms with Gasteiger partial charge >= 0.3 is 0 Å². The smallest absolute Gasteiger partial charge is 0.238 e. The first kappa shape index (κ1) is 18.0. The molecule has 2 aromatic heterocycles. The summed E-state index contributed by atoms with van der Waals surface area (Å²) in [5.41, 5.74) is 0. The second-order valence-corrected chi connectivity index (χ2v) is 7.84. The normalized spacial score (nSPS) is 16.8. The maximum atomic E-state index is 12.6. The van der Waals surface area contributed by atoms with Crippen LogP contribution in [0.25, 0.3) is 0 Å². The lowest BCUT2D eigenvalue weighted by molar-refractivity contribution is -0.115. The van der Waals surface area contributed by atoms with Crippen molar-refractivity contribution in [3.8, 4) is 0 Å². The minimum Gasteiger partial charge on any atom is -0.310 e. The highest BCUT2D eigenvalue weighted by Gasteiger charge is 2.22. The van der Waals surface area contributed by atoms with Gasteiger partial charge < -0.3 is 9.88 Å². The van der Waals surface area contributed by atoms with Gasteiger partial charge in [-0.15, -0.1) is 10.2 Å². The van der Waals surface area contributed by atoms with Gasteiger partial charge in [-0.25, -0.2) is 4.68 Å². The first-order valence-corrected chi connectivity index (χ1v) is 9.91. The third-order valence-corrected chi connectivity index (χ3v) is 5.74. The van der Waals surface area contributed by atoms with Gasteiger partial charge in [0, 0.05) is 19.0 Å². The van der Waals surface area contributed by atoms with E-state index in [1.165, 1.54) is 24.6 Å². The molecule has 2 atom stereocenters. The number of nitrogens with zero attached hydrogens (tertiary/aromatic N) is 5. The molecule has 1 aliphatic heterocycles. The van der Waals surface area contributed by atoms with Crippen molar-refractivity contribution in [1.29, 1.82) is 0 Å². The van der Waals surface area contributed by atoms with Gasteiger partial charge in [-0.1, -0.05) is 25.1 Å². The summed E-state index contributed by atoms with van der Waals surface area (Å²) in [5, 5.41) is 16.5. The number of hydrogen-bond acceptors (Lipinski definition) is 5. The summed E-state index contributed by atoms with van der Waals surface area (Å²) < 4.78 is 4.03. The minimum atomic E-state index is -0.253. The molecule has 0 fully saturated rings. The van der Waals surface area contributed by atoms with Gasteiger partial charge in [0.25, 0.3) is 0 Å². The number of thioether (sulfide) groups is 1. The molecule has 2 aromatic rings. The third kappa shape index (κ3) is 4.05. The number of rotatable bonds is 6. The van der Waals surface area contributed by atoms with Crippen LogP contribution in [0.4, 0.5) is 5.82 Å². The van der Waals surface area contributed by atoms with Gasteiger partial charge in [0.2, 0.25) is 5.91 Å². The van der Waals surface area contributed by atoms with Gasteiger partial charge in [-0.05, 0) is 33.1 Å². The molecule has 25 heavy (non-hydrogen) atoms. The Balaban J connectivity index is 1.66. The number of aromatic nitrogens is 5. The van der Waals surface area contributed by atoms with Crippen LogP contribution in [0.15, 0.2) is 17.4 Å². The van der Waals surface area contributed by atoms with E-state index in [9.17, 15) is 4.79 Å². The number of carbonyl (C=O) groups excluding carboxylic acids is 1. The largest absolute Gasteiger partial charge is 0.310 e. The van der Waals surface area contributed by atoms with Gasteiger partial charge in [-0.3, -0.25) is 4.79 Å².